The zero-order chi connectivity index (χ0) is 12.9. The maximum atomic E-state index is 13.6. The van der Waals surface area contributed by atoms with Crippen molar-refractivity contribution in [2.24, 2.45) is 5.41 Å². The molecule has 0 amide bonds. The van der Waals surface area contributed by atoms with Crippen LogP contribution in [-0.4, -0.2) is 12.6 Å². The second-order valence-electron chi connectivity index (χ2n) is 5.60. The minimum Gasteiger partial charge on any atom is -0.315 e. The molecule has 0 saturated heterocycles. The Hall–Kier alpha value is -0.890. The molecular weight excluding hydrogens is 213 g/mol. The summed E-state index contributed by atoms with van der Waals surface area (Å²) >= 11 is 0. The van der Waals surface area contributed by atoms with Gasteiger partial charge in [-0.05, 0) is 43.4 Å². The van der Waals surface area contributed by atoms with Crippen molar-refractivity contribution >= 4 is 0 Å². The first-order valence-corrected chi connectivity index (χ1v) is 6.41. The van der Waals surface area contributed by atoms with E-state index >= 15 is 0 Å². The van der Waals surface area contributed by atoms with E-state index in [0.717, 1.165) is 24.9 Å². The summed E-state index contributed by atoms with van der Waals surface area (Å²) in [5.41, 5.74) is 0.935. The van der Waals surface area contributed by atoms with Crippen molar-refractivity contribution in [2.75, 3.05) is 6.54 Å². The van der Waals surface area contributed by atoms with Crippen molar-refractivity contribution in [3.63, 3.8) is 0 Å². The molecule has 1 rings (SSSR count). The lowest BCUT2D eigenvalue weighted by Crippen LogP contribution is -2.32. The van der Waals surface area contributed by atoms with Crippen LogP contribution in [-0.2, 0) is 6.42 Å². The average Bonchev–Trinajstić information content (AvgIpc) is 2.20. The van der Waals surface area contributed by atoms with E-state index in [9.17, 15) is 4.39 Å². The van der Waals surface area contributed by atoms with Crippen LogP contribution in [0.25, 0.3) is 0 Å². The summed E-state index contributed by atoms with van der Waals surface area (Å²) in [7, 11) is 0. The highest BCUT2D eigenvalue weighted by atomic mass is 19.1. The van der Waals surface area contributed by atoms with Crippen molar-refractivity contribution in [1.82, 2.24) is 5.32 Å². The van der Waals surface area contributed by atoms with Gasteiger partial charge in [-0.1, -0.05) is 39.0 Å². The fourth-order valence-electron chi connectivity index (χ4n) is 2.48. The Labute approximate surface area is 104 Å². The largest absolute Gasteiger partial charge is 0.315 e. The van der Waals surface area contributed by atoms with Gasteiger partial charge in [0, 0.05) is 6.04 Å². The van der Waals surface area contributed by atoms with E-state index < -0.39 is 0 Å². The first kappa shape index (κ1) is 14.2. The third kappa shape index (κ3) is 4.86. The zero-order valence-corrected chi connectivity index (χ0v) is 11.4. The van der Waals surface area contributed by atoms with Gasteiger partial charge in [0.15, 0.2) is 0 Å². The van der Waals surface area contributed by atoms with Crippen LogP contribution >= 0.6 is 0 Å². The molecule has 0 radical (unpaired) electrons. The molecule has 0 aliphatic rings. The Morgan fingerprint density at radius 2 is 1.94 bits per heavy atom. The van der Waals surface area contributed by atoms with Gasteiger partial charge in [-0.25, -0.2) is 4.39 Å². The molecule has 96 valence electrons. The van der Waals surface area contributed by atoms with Gasteiger partial charge in [0.1, 0.15) is 5.82 Å². The van der Waals surface area contributed by atoms with Crippen LogP contribution in [0.15, 0.2) is 24.3 Å². The lowest BCUT2D eigenvalue weighted by atomic mass is 9.80. The van der Waals surface area contributed by atoms with E-state index in [1.54, 1.807) is 12.1 Å². The van der Waals surface area contributed by atoms with Crippen LogP contribution in [0.5, 0.6) is 0 Å². The zero-order valence-electron chi connectivity index (χ0n) is 11.4. The fraction of sp³-hybridized carbons (Fsp3) is 0.600. The number of rotatable bonds is 6. The lowest BCUT2D eigenvalue weighted by molar-refractivity contribution is 0.285. The van der Waals surface area contributed by atoms with Gasteiger partial charge >= 0.3 is 0 Å². The van der Waals surface area contributed by atoms with E-state index in [0.29, 0.717) is 6.04 Å². The smallest absolute Gasteiger partial charge is 0.126 e. The summed E-state index contributed by atoms with van der Waals surface area (Å²) in [4.78, 5) is 0. The molecule has 17 heavy (non-hydrogen) atoms. The standard InChI is InChI=1S/C15H24FN/c1-5-17-12(2)10-15(3,4)11-13-8-6-7-9-14(13)16/h6-9,12,17H,5,10-11H2,1-4H3. The second kappa shape index (κ2) is 6.15. The van der Waals surface area contributed by atoms with Gasteiger partial charge in [0.05, 0.1) is 0 Å². The summed E-state index contributed by atoms with van der Waals surface area (Å²) in [5, 5.41) is 3.41. The van der Waals surface area contributed by atoms with Gasteiger partial charge in [-0.2, -0.15) is 0 Å². The van der Waals surface area contributed by atoms with Crippen molar-refractivity contribution in [2.45, 2.75) is 46.6 Å². The van der Waals surface area contributed by atoms with E-state index in [1.165, 1.54) is 0 Å². The topological polar surface area (TPSA) is 12.0 Å². The maximum Gasteiger partial charge on any atom is 0.126 e. The van der Waals surface area contributed by atoms with Gasteiger partial charge in [0.2, 0.25) is 0 Å². The van der Waals surface area contributed by atoms with E-state index in [2.05, 4.69) is 33.0 Å². The molecule has 0 aromatic heterocycles. The van der Waals surface area contributed by atoms with Gasteiger partial charge < -0.3 is 5.32 Å². The molecule has 1 atom stereocenters. The predicted molar refractivity (Wildman–Crippen MR) is 71.6 cm³/mol. The first-order chi connectivity index (χ1) is 7.94. The SMILES string of the molecule is CCNC(C)CC(C)(C)Cc1ccccc1F. The van der Waals surface area contributed by atoms with Crippen molar-refractivity contribution in [1.29, 1.82) is 0 Å². The number of halogens is 1. The van der Waals surface area contributed by atoms with Crippen LogP contribution in [0.1, 0.15) is 39.7 Å². The molecule has 0 bridgehead atoms. The summed E-state index contributed by atoms with van der Waals surface area (Å²) < 4.78 is 13.6. The molecule has 2 heteroatoms. The molecule has 0 aliphatic heterocycles. The molecule has 1 aromatic carbocycles. The van der Waals surface area contributed by atoms with Gasteiger partial charge in [-0.3, -0.25) is 0 Å². The molecule has 1 nitrogen and oxygen atoms in total. The summed E-state index contributed by atoms with van der Waals surface area (Å²) in [6.45, 7) is 9.68. The monoisotopic (exact) mass is 237 g/mol. The lowest BCUT2D eigenvalue weighted by Gasteiger charge is -2.28. The van der Waals surface area contributed by atoms with Crippen molar-refractivity contribution in [3.8, 4) is 0 Å². The van der Waals surface area contributed by atoms with Crippen molar-refractivity contribution in [3.05, 3.63) is 35.6 Å². The molecule has 1 aromatic rings. The van der Waals surface area contributed by atoms with Gasteiger partial charge in [-0.15, -0.1) is 0 Å². The van der Waals surface area contributed by atoms with Crippen LogP contribution in [0.4, 0.5) is 4.39 Å². The summed E-state index contributed by atoms with van der Waals surface area (Å²) in [5.74, 6) is -0.0864. The highest BCUT2D eigenvalue weighted by molar-refractivity contribution is 5.18. The van der Waals surface area contributed by atoms with E-state index in [-0.39, 0.29) is 11.2 Å². The maximum absolute atomic E-state index is 13.6. The highest BCUT2D eigenvalue weighted by Crippen LogP contribution is 2.28. The van der Waals surface area contributed by atoms with Crippen LogP contribution in [0.2, 0.25) is 0 Å². The van der Waals surface area contributed by atoms with Crippen LogP contribution in [0, 0.1) is 11.2 Å². The molecule has 1 unspecified atom stereocenters. The summed E-state index contributed by atoms with van der Waals surface area (Å²) in [6, 6.07) is 7.55. The molecule has 0 fully saturated rings. The summed E-state index contributed by atoms with van der Waals surface area (Å²) in [6.07, 6.45) is 1.84. The third-order valence-electron chi connectivity index (χ3n) is 3.04. The molecule has 1 N–H and O–H groups in total. The number of nitrogens with one attached hydrogen (secondary N) is 1. The molecule has 0 heterocycles. The number of hydrogen-bond acceptors (Lipinski definition) is 1. The molecule has 0 saturated carbocycles. The first-order valence-electron chi connectivity index (χ1n) is 6.41. The minimum absolute atomic E-state index is 0.0864. The third-order valence-corrected chi connectivity index (χ3v) is 3.04. The number of benzene rings is 1. The fourth-order valence-corrected chi connectivity index (χ4v) is 2.48. The Morgan fingerprint density at radius 3 is 2.53 bits per heavy atom. The van der Waals surface area contributed by atoms with E-state index in [1.807, 2.05) is 12.1 Å². The normalized spacial score (nSPS) is 13.7. The quantitative estimate of drug-likeness (QED) is 0.794. The van der Waals surface area contributed by atoms with Gasteiger partial charge in [0.25, 0.3) is 0 Å². The molecule has 0 aliphatic carbocycles. The van der Waals surface area contributed by atoms with Crippen LogP contribution in [0.3, 0.4) is 0 Å². The van der Waals surface area contributed by atoms with E-state index in [4.69, 9.17) is 0 Å². The van der Waals surface area contributed by atoms with Crippen molar-refractivity contribution < 1.29 is 4.39 Å². The average molecular weight is 237 g/mol. The Balaban J connectivity index is 2.63. The number of hydrogen-bond donors (Lipinski definition) is 1. The minimum atomic E-state index is -0.0864. The Bertz CT molecular complexity index is 347. The van der Waals surface area contributed by atoms with Crippen LogP contribution < -0.4 is 5.32 Å². The molecular formula is C15H24FN. The predicted octanol–water partition coefficient (Wildman–Crippen LogP) is 3.78. The highest BCUT2D eigenvalue weighted by Gasteiger charge is 2.22. The molecule has 0 spiro atoms. The Morgan fingerprint density at radius 1 is 1.29 bits per heavy atom. The Kier molecular flexibility index (Phi) is 5.13. The second-order valence-corrected chi connectivity index (χ2v) is 5.60.